The predicted octanol–water partition coefficient (Wildman–Crippen LogP) is 6.03. The summed E-state index contributed by atoms with van der Waals surface area (Å²) in [6, 6.07) is 10.9. The van der Waals surface area contributed by atoms with Gasteiger partial charge in [-0.2, -0.15) is 0 Å². The van der Waals surface area contributed by atoms with E-state index in [0.29, 0.717) is 23.3 Å². The zero-order valence-corrected chi connectivity index (χ0v) is 21.4. The van der Waals surface area contributed by atoms with Gasteiger partial charge >= 0.3 is 5.97 Å². The molecule has 3 fully saturated rings. The Labute approximate surface area is 212 Å². The highest BCUT2D eigenvalue weighted by molar-refractivity contribution is 5.91. The van der Waals surface area contributed by atoms with E-state index >= 15 is 0 Å². The van der Waals surface area contributed by atoms with Crippen LogP contribution in [0.1, 0.15) is 93.6 Å². The number of carboxylic acid groups (broad SMARTS) is 1. The number of carboxylic acids is 1. The first kappa shape index (κ1) is 23.4. The molecule has 6 rings (SSSR count). The minimum absolute atomic E-state index is 0.135. The van der Waals surface area contributed by atoms with Crippen LogP contribution in [0.4, 0.5) is 5.82 Å². The van der Waals surface area contributed by atoms with Crippen LogP contribution in [0.3, 0.4) is 0 Å². The van der Waals surface area contributed by atoms with E-state index in [-0.39, 0.29) is 17.3 Å². The lowest BCUT2D eigenvalue weighted by molar-refractivity contribution is 0.0684. The van der Waals surface area contributed by atoms with E-state index in [0.717, 1.165) is 36.6 Å². The number of hydrogen-bond acceptors (Lipinski definition) is 5. The smallest absolute Gasteiger partial charge is 0.374 e. The van der Waals surface area contributed by atoms with Crippen LogP contribution in [0.25, 0.3) is 11.2 Å². The number of anilines is 1. The van der Waals surface area contributed by atoms with E-state index < -0.39 is 5.97 Å². The Bertz CT molecular complexity index is 1250. The van der Waals surface area contributed by atoms with Crippen molar-refractivity contribution >= 4 is 23.0 Å². The normalized spacial score (nSPS) is 24.3. The number of rotatable bonds is 8. The van der Waals surface area contributed by atoms with Gasteiger partial charge in [0.15, 0.2) is 11.5 Å². The van der Waals surface area contributed by atoms with Gasteiger partial charge in [0.2, 0.25) is 5.82 Å². The summed E-state index contributed by atoms with van der Waals surface area (Å²) in [7, 11) is 0. The highest BCUT2D eigenvalue weighted by Gasteiger charge is 2.50. The largest absolute Gasteiger partial charge is 0.475 e. The monoisotopic (exact) mass is 487 g/mol. The van der Waals surface area contributed by atoms with Gasteiger partial charge < -0.3 is 15.0 Å². The molecule has 0 bridgehead atoms. The van der Waals surface area contributed by atoms with Crippen molar-refractivity contribution in [1.82, 2.24) is 19.5 Å². The molecule has 1 aromatic carbocycles. The van der Waals surface area contributed by atoms with Gasteiger partial charge in [-0.15, -0.1) is 0 Å². The van der Waals surface area contributed by atoms with E-state index in [1.54, 1.807) is 0 Å². The molecule has 0 amide bonds. The van der Waals surface area contributed by atoms with Gasteiger partial charge in [0.25, 0.3) is 0 Å². The molecule has 2 N–H and O–H groups in total. The molecule has 3 aliphatic rings. The fourth-order valence-electron chi connectivity index (χ4n) is 6.34. The Hall–Kier alpha value is -2.96. The van der Waals surface area contributed by atoms with Gasteiger partial charge in [-0.05, 0) is 68.8 Å². The Morgan fingerprint density at radius 3 is 2.42 bits per heavy atom. The van der Waals surface area contributed by atoms with Crippen LogP contribution in [0, 0.1) is 17.8 Å². The molecule has 36 heavy (non-hydrogen) atoms. The summed E-state index contributed by atoms with van der Waals surface area (Å²) in [6.07, 6.45) is 10.7. The third-order valence-electron chi connectivity index (χ3n) is 9.10. The summed E-state index contributed by atoms with van der Waals surface area (Å²) in [5, 5.41) is 13.4. The lowest BCUT2D eigenvalue weighted by Gasteiger charge is -2.32. The van der Waals surface area contributed by atoms with Crippen LogP contribution in [0.5, 0.6) is 0 Å². The molecule has 0 spiro atoms. The summed E-state index contributed by atoms with van der Waals surface area (Å²) in [4.78, 5) is 26.1. The van der Waals surface area contributed by atoms with Crippen molar-refractivity contribution in [3.63, 3.8) is 0 Å². The topological polar surface area (TPSA) is 92.9 Å². The van der Waals surface area contributed by atoms with Gasteiger partial charge in [-0.25, -0.2) is 19.7 Å². The SMILES string of the molecule is CC1CCC(Cn2c(C3(c4ccccc4)CC3)nc3nc(C(=O)O)nc(NC(C)C4CCC4)c32)CC1. The Balaban J connectivity index is 1.50. The van der Waals surface area contributed by atoms with Crippen LogP contribution < -0.4 is 5.32 Å². The van der Waals surface area contributed by atoms with Crippen molar-refractivity contribution in [2.24, 2.45) is 17.8 Å². The van der Waals surface area contributed by atoms with Gasteiger partial charge in [0.1, 0.15) is 11.3 Å². The molecule has 0 saturated heterocycles. The number of nitrogens with zero attached hydrogens (tertiary/aromatic N) is 4. The number of aromatic nitrogens is 4. The first-order valence-electron chi connectivity index (χ1n) is 13.8. The molecule has 0 aliphatic heterocycles. The van der Waals surface area contributed by atoms with E-state index in [2.05, 4.69) is 64.0 Å². The second-order valence-corrected chi connectivity index (χ2v) is 11.6. The standard InChI is InChI=1S/C29H37N5O2/c1-18-11-13-20(14-12-18)17-34-23-24(30-19(2)21-7-6-8-21)31-26(27(35)36)32-25(23)33-28(34)29(15-16-29)22-9-4-3-5-10-22/h3-5,9-10,18-21H,6-8,11-17H2,1-2H3,(H,35,36)(H,30,31,32). The number of imidazole rings is 1. The summed E-state index contributed by atoms with van der Waals surface area (Å²) in [5.41, 5.74) is 2.53. The molecule has 190 valence electrons. The fourth-order valence-corrected chi connectivity index (χ4v) is 6.34. The summed E-state index contributed by atoms with van der Waals surface area (Å²) < 4.78 is 2.37. The maximum absolute atomic E-state index is 12.0. The van der Waals surface area contributed by atoms with Crippen molar-refractivity contribution in [3.8, 4) is 0 Å². The highest BCUT2D eigenvalue weighted by Crippen LogP contribution is 2.54. The van der Waals surface area contributed by atoms with Crippen LogP contribution in [-0.4, -0.2) is 36.6 Å². The third kappa shape index (κ3) is 4.16. The minimum Gasteiger partial charge on any atom is -0.475 e. The first-order valence-corrected chi connectivity index (χ1v) is 13.8. The van der Waals surface area contributed by atoms with Crippen molar-refractivity contribution in [2.45, 2.75) is 89.6 Å². The molecule has 2 aromatic heterocycles. The number of aromatic carboxylic acids is 1. The molecule has 1 atom stereocenters. The predicted molar refractivity (Wildman–Crippen MR) is 140 cm³/mol. The average Bonchev–Trinajstić information content (AvgIpc) is 3.56. The first-order chi connectivity index (χ1) is 17.4. The zero-order valence-electron chi connectivity index (χ0n) is 21.4. The van der Waals surface area contributed by atoms with E-state index in [9.17, 15) is 9.90 Å². The lowest BCUT2D eigenvalue weighted by Crippen LogP contribution is -2.31. The number of hydrogen-bond donors (Lipinski definition) is 2. The van der Waals surface area contributed by atoms with Gasteiger partial charge in [-0.3, -0.25) is 0 Å². The average molecular weight is 488 g/mol. The molecule has 7 nitrogen and oxygen atoms in total. The van der Waals surface area contributed by atoms with Crippen LogP contribution in [-0.2, 0) is 12.0 Å². The summed E-state index contributed by atoms with van der Waals surface area (Å²) in [5.74, 6) is 2.33. The number of benzene rings is 1. The Morgan fingerprint density at radius 2 is 1.81 bits per heavy atom. The maximum Gasteiger partial charge on any atom is 0.374 e. The third-order valence-corrected chi connectivity index (χ3v) is 9.10. The van der Waals surface area contributed by atoms with Crippen LogP contribution >= 0.6 is 0 Å². The molecule has 7 heteroatoms. The molecule has 2 heterocycles. The minimum atomic E-state index is -1.11. The van der Waals surface area contributed by atoms with Crippen molar-refractivity contribution in [3.05, 3.63) is 47.5 Å². The molecule has 3 aliphatic carbocycles. The summed E-state index contributed by atoms with van der Waals surface area (Å²) in [6.45, 7) is 5.43. The van der Waals surface area contributed by atoms with Crippen LogP contribution in [0.15, 0.2) is 30.3 Å². The van der Waals surface area contributed by atoms with Gasteiger partial charge in [0, 0.05) is 12.6 Å². The number of carbonyl (C=O) groups is 1. The highest BCUT2D eigenvalue weighted by atomic mass is 16.4. The molecule has 3 saturated carbocycles. The van der Waals surface area contributed by atoms with Crippen LogP contribution in [0.2, 0.25) is 0 Å². The molecule has 1 unspecified atom stereocenters. The second-order valence-electron chi connectivity index (χ2n) is 11.6. The van der Waals surface area contributed by atoms with Gasteiger partial charge in [-0.1, -0.05) is 56.5 Å². The quantitative estimate of drug-likeness (QED) is 0.403. The van der Waals surface area contributed by atoms with Crippen molar-refractivity contribution in [1.29, 1.82) is 0 Å². The van der Waals surface area contributed by atoms with E-state index in [4.69, 9.17) is 4.98 Å². The van der Waals surface area contributed by atoms with E-state index in [1.165, 1.54) is 50.5 Å². The fraction of sp³-hybridized carbons (Fsp3) is 0.586. The molecule has 0 radical (unpaired) electrons. The molecular formula is C29H37N5O2. The summed E-state index contributed by atoms with van der Waals surface area (Å²) >= 11 is 0. The second kappa shape index (κ2) is 9.16. The lowest BCUT2D eigenvalue weighted by atomic mass is 9.80. The number of fused-ring (bicyclic) bond motifs is 1. The Kier molecular flexibility index (Phi) is 5.97. The maximum atomic E-state index is 12.0. The molecular weight excluding hydrogens is 450 g/mol. The van der Waals surface area contributed by atoms with Crippen molar-refractivity contribution < 1.29 is 9.90 Å². The number of nitrogens with one attached hydrogen (secondary N) is 1. The Morgan fingerprint density at radius 1 is 1.08 bits per heavy atom. The van der Waals surface area contributed by atoms with Gasteiger partial charge in [0.05, 0.1) is 5.41 Å². The molecule has 3 aromatic rings. The van der Waals surface area contributed by atoms with E-state index in [1.807, 2.05) is 0 Å². The van der Waals surface area contributed by atoms with Crippen molar-refractivity contribution in [2.75, 3.05) is 5.32 Å². The zero-order chi connectivity index (χ0) is 24.9.